The van der Waals surface area contributed by atoms with Crippen molar-refractivity contribution in [1.82, 2.24) is 10.2 Å². The van der Waals surface area contributed by atoms with Crippen LogP contribution in [0, 0.1) is 0 Å². The van der Waals surface area contributed by atoms with E-state index in [1.165, 1.54) is 0 Å². The van der Waals surface area contributed by atoms with Crippen LogP contribution in [0.3, 0.4) is 0 Å². The van der Waals surface area contributed by atoms with E-state index in [4.69, 9.17) is 4.74 Å². The third kappa shape index (κ3) is 7.02. The van der Waals surface area contributed by atoms with Gasteiger partial charge in [0.25, 0.3) is 5.91 Å². The summed E-state index contributed by atoms with van der Waals surface area (Å²) in [6, 6.07) is 6.98. The highest BCUT2D eigenvalue weighted by atomic mass is 16.5. The summed E-state index contributed by atoms with van der Waals surface area (Å²) in [5.41, 5.74) is 0.538. The first-order chi connectivity index (χ1) is 11.6. The molecule has 24 heavy (non-hydrogen) atoms. The van der Waals surface area contributed by atoms with Crippen LogP contribution in [0.4, 0.5) is 0 Å². The molecule has 0 aliphatic carbocycles. The minimum atomic E-state index is -0.185. The second-order valence-corrected chi connectivity index (χ2v) is 5.83. The van der Waals surface area contributed by atoms with E-state index in [1.54, 1.807) is 31.4 Å². The van der Waals surface area contributed by atoms with Crippen molar-refractivity contribution in [2.45, 2.75) is 46.0 Å². The summed E-state index contributed by atoms with van der Waals surface area (Å²) in [6.45, 7) is 6.20. The topological polar surface area (TPSA) is 58.6 Å². The number of carbonyl (C=O) groups excluding carboxylic acids is 2. The van der Waals surface area contributed by atoms with Crippen LogP contribution >= 0.6 is 0 Å². The Labute approximate surface area is 145 Å². The van der Waals surface area contributed by atoms with E-state index in [2.05, 4.69) is 19.2 Å². The number of ether oxygens (including phenoxy) is 1. The second-order valence-electron chi connectivity index (χ2n) is 5.83. The number of rotatable bonds is 11. The van der Waals surface area contributed by atoms with Crippen molar-refractivity contribution >= 4 is 11.8 Å². The Kier molecular flexibility index (Phi) is 9.58. The van der Waals surface area contributed by atoms with Gasteiger partial charge in [0, 0.05) is 31.6 Å². The third-order valence-corrected chi connectivity index (χ3v) is 3.87. The van der Waals surface area contributed by atoms with Crippen molar-refractivity contribution in [3.63, 3.8) is 0 Å². The lowest BCUT2D eigenvalue weighted by Gasteiger charge is -2.22. The molecule has 1 rings (SSSR count). The number of carbonyl (C=O) groups is 2. The lowest BCUT2D eigenvalue weighted by Crippen LogP contribution is -2.36. The summed E-state index contributed by atoms with van der Waals surface area (Å²) in [6.07, 6.45) is 4.52. The Morgan fingerprint density at radius 3 is 2.38 bits per heavy atom. The van der Waals surface area contributed by atoms with Crippen molar-refractivity contribution in [1.29, 1.82) is 0 Å². The molecule has 0 fully saturated rings. The molecule has 0 aromatic heterocycles. The van der Waals surface area contributed by atoms with Gasteiger partial charge in [-0.1, -0.05) is 32.8 Å². The van der Waals surface area contributed by atoms with E-state index in [0.29, 0.717) is 24.3 Å². The Balaban J connectivity index is 2.45. The van der Waals surface area contributed by atoms with Gasteiger partial charge in [-0.15, -0.1) is 0 Å². The minimum Gasteiger partial charge on any atom is -0.497 e. The van der Waals surface area contributed by atoms with Gasteiger partial charge in [-0.25, -0.2) is 0 Å². The highest BCUT2D eigenvalue weighted by Gasteiger charge is 2.13. The zero-order valence-corrected chi connectivity index (χ0v) is 15.1. The number of benzene rings is 1. The fourth-order valence-electron chi connectivity index (χ4n) is 2.37. The van der Waals surface area contributed by atoms with Gasteiger partial charge in [0.15, 0.2) is 0 Å². The van der Waals surface area contributed by atoms with Crippen LogP contribution in [-0.2, 0) is 4.79 Å². The van der Waals surface area contributed by atoms with Crippen molar-refractivity contribution in [3.05, 3.63) is 29.8 Å². The molecular weight excluding hydrogens is 304 g/mol. The molecule has 0 radical (unpaired) electrons. The van der Waals surface area contributed by atoms with Gasteiger partial charge < -0.3 is 15.0 Å². The Morgan fingerprint density at radius 1 is 1.12 bits per heavy atom. The van der Waals surface area contributed by atoms with Crippen LogP contribution in [0.5, 0.6) is 5.75 Å². The number of amides is 2. The molecule has 1 N–H and O–H groups in total. The summed E-state index contributed by atoms with van der Waals surface area (Å²) >= 11 is 0. The van der Waals surface area contributed by atoms with Crippen molar-refractivity contribution in [2.24, 2.45) is 0 Å². The van der Waals surface area contributed by atoms with Gasteiger partial charge >= 0.3 is 0 Å². The van der Waals surface area contributed by atoms with Gasteiger partial charge in [0.05, 0.1) is 7.11 Å². The lowest BCUT2D eigenvalue weighted by atomic mass is 10.2. The van der Waals surface area contributed by atoms with Crippen LogP contribution in [0.25, 0.3) is 0 Å². The van der Waals surface area contributed by atoms with Gasteiger partial charge in [-0.2, -0.15) is 0 Å². The SMILES string of the molecule is CCCCN(CCCC)C(=O)CCNC(=O)c1cccc(OC)c1. The number of methoxy groups -OCH3 is 1. The van der Waals surface area contributed by atoms with Gasteiger partial charge in [0.2, 0.25) is 5.91 Å². The molecule has 5 heteroatoms. The van der Waals surface area contributed by atoms with E-state index in [1.807, 2.05) is 4.90 Å². The predicted molar refractivity (Wildman–Crippen MR) is 96.3 cm³/mol. The molecule has 0 aliphatic heterocycles. The molecule has 134 valence electrons. The normalized spacial score (nSPS) is 10.3. The first kappa shape index (κ1) is 20.0. The molecular formula is C19H30N2O3. The second kappa shape index (κ2) is 11.5. The molecule has 2 amide bonds. The number of hydrogen-bond acceptors (Lipinski definition) is 3. The van der Waals surface area contributed by atoms with Crippen LogP contribution in [0.2, 0.25) is 0 Å². The van der Waals surface area contributed by atoms with Crippen molar-refractivity contribution in [3.8, 4) is 5.75 Å². The molecule has 0 bridgehead atoms. The molecule has 0 saturated heterocycles. The Hall–Kier alpha value is -2.04. The van der Waals surface area contributed by atoms with Crippen LogP contribution in [0.15, 0.2) is 24.3 Å². The molecule has 0 unspecified atom stereocenters. The fraction of sp³-hybridized carbons (Fsp3) is 0.579. The largest absolute Gasteiger partial charge is 0.497 e. The smallest absolute Gasteiger partial charge is 0.251 e. The highest BCUT2D eigenvalue weighted by Crippen LogP contribution is 2.12. The number of hydrogen-bond donors (Lipinski definition) is 1. The standard InChI is InChI=1S/C19H30N2O3/c1-4-6-13-21(14-7-5-2)18(22)11-12-20-19(23)16-9-8-10-17(15-16)24-3/h8-10,15H,4-7,11-14H2,1-3H3,(H,20,23). The summed E-state index contributed by atoms with van der Waals surface area (Å²) < 4.78 is 5.11. The van der Waals surface area contributed by atoms with Crippen molar-refractivity contribution < 1.29 is 14.3 Å². The van der Waals surface area contributed by atoms with E-state index >= 15 is 0 Å². The predicted octanol–water partition coefficient (Wildman–Crippen LogP) is 3.24. The maximum Gasteiger partial charge on any atom is 0.251 e. The molecule has 0 heterocycles. The molecule has 0 saturated carbocycles. The number of nitrogens with zero attached hydrogens (tertiary/aromatic N) is 1. The Bertz CT molecular complexity index is 509. The molecule has 5 nitrogen and oxygen atoms in total. The molecule has 0 spiro atoms. The van der Waals surface area contributed by atoms with Gasteiger partial charge in [0.1, 0.15) is 5.75 Å². The third-order valence-electron chi connectivity index (χ3n) is 3.87. The summed E-state index contributed by atoms with van der Waals surface area (Å²) in [4.78, 5) is 26.4. The zero-order chi connectivity index (χ0) is 17.8. The molecule has 0 aliphatic rings. The number of nitrogens with one attached hydrogen (secondary N) is 1. The quantitative estimate of drug-likeness (QED) is 0.676. The average molecular weight is 334 g/mol. The fourth-order valence-corrected chi connectivity index (χ4v) is 2.37. The Morgan fingerprint density at radius 2 is 1.79 bits per heavy atom. The summed E-state index contributed by atoms with van der Waals surface area (Å²) in [5, 5.41) is 2.81. The first-order valence-electron chi connectivity index (χ1n) is 8.82. The zero-order valence-electron chi connectivity index (χ0n) is 15.1. The van der Waals surface area contributed by atoms with Crippen LogP contribution < -0.4 is 10.1 Å². The van der Waals surface area contributed by atoms with Gasteiger partial charge in [-0.3, -0.25) is 9.59 Å². The van der Waals surface area contributed by atoms with E-state index in [0.717, 1.165) is 38.8 Å². The maximum absolute atomic E-state index is 12.3. The molecule has 0 atom stereocenters. The van der Waals surface area contributed by atoms with Crippen LogP contribution in [-0.4, -0.2) is 43.5 Å². The van der Waals surface area contributed by atoms with E-state index in [-0.39, 0.29) is 11.8 Å². The van der Waals surface area contributed by atoms with Crippen molar-refractivity contribution in [2.75, 3.05) is 26.7 Å². The highest BCUT2D eigenvalue weighted by molar-refractivity contribution is 5.94. The number of unbranched alkanes of at least 4 members (excludes halogenated alkanes) is 2. The average Bonchev–Trinajstić information content (AvgIpc) is 2.61. The van der Waals surface area contributed by atoms with Crippen LogP contribution in [0.1, 0.15) is 56.3 Å². The lowest BCUT2D eigenvalue weighted by molar-refractivity contribution is -0.131. The van der Waals surface area contributed by atoms with Gasteiger partial charge in [-0.05, 0) is 31.0 Å². The van der Waals surface area contributed by atoms with E-state index in [9.17, 15) is 9.59 Å². The monoisotopic (exact) mass is 334 g/mol. The molecule has 1 aromatic rings. The minimum absolute atomic E-state index is 0.114. The summed E-state index contributed by atoms with van der Waals surface area (Å²) in [7, 11) is 1.57. The maximum atomic E-state index is 12.3. The molecule has 1 aromatic carbocycles. The summed E-state index contributed by atoms with van der Waals surface area (Å²) in [5.74, 6) is 0.572. The van der Waals surface area contributed by atoms with E-state index < -0.39 is 0 Å². The first-order valence-corrected chi connectivity index (χ1v) is 8.82.